The summed E-state index contributed by atoms with van der Waals surface area (Å²) in [6.45, 7) is -0.541. The molecule has 0 bridgehead atoms. The van der Waals surface area contributed by atoms with Crippen molar-refractivity contribution in [3.05, 3.63) is 27.7 Å². The van der Waals surface area contributed by atoms with Gasteiger partial charge >= 0.3 is 11.9 Å². The molecule has 1 rings (SSSR count). The average Bonchev–Trinajstić information content (AvgIpc) is 2.37. The summed E-state index contributed by atoms with van der Waals surface area (Å²) < 4.78 is 29.6. The molecule has 0 aliphatic rings. The van der Waals surface area contributed by atoms with Crippen LogP contribution in [0.25, 0.3) is 0 Å². The number of rotatable bonds is 5. The van der Waals surface area contributed by atoms with Crippen LogP contribution in [0.1, 0.15) is 10.4 Å². The standard InChI is InChI=1S/C11H11Cl2NO6S/c1-14(5-10(15)20-2)21(18,19)9-3-6(11(16)17)7(12)4-8(9)13/h3-4H,5H2,1-2H3,(H,16,17). The average molecular weight is 356 g/mol. The van der Waals surface area contributed by atoms with Gasteiger partial charge in [0, 0.05) is 7.05 Å². The number of likely N-dealkylation sites (N-methyl/N-ethyl adjacent to an activating group) is 1. The van der Waals surface area contributed by atoms with Gasteiger partial charge in [-0.25, -0.2) is 13.2 Å². The van der Waals surface area contributed by atoms with Crippen LogP contribution in [0.5, 0.6) is 0 Å². The van der Waals surface area contributed by atoms with Crippen molar-refractivity contribution in [2.45, 2.75) is 4.90 Å². The molecular formula is C11H11Cl2NO6S. The van der Waals surface area contributed by atoms with Crippen LogP contribution in [0.15, 0.2) is 17.0 Å². The Hall–Kier alpha value is -1.35. The fourth-order valence-corrected chi connectivity index (χ4v) is 3.33. The number of benzene rings is 1. The molecule has 0 saturated heterocycles. The molecule has 116 valence electrons. The van der Waals surface area contributed by atoms with Gasteiger partial charge in [-0.1, -0.05) is 23.2 Å². The molecule has 0 spiro atoms. The highest BCUT2D eigenvalue weighted by Crippen LogP contribution is 2.30. The number of aromatic carboxylic acids is 1. The van der Waals surface area contributed by atoms with E-state index in [4.69, 9.17) is 28.3 Å². The maximum Gasteiger partial charge on any atom is 0.337 e. The molecule has 0 heterocycles. The molecule has 0 aliphatic heterocycles. The molecule has 0 fully saturated rings. The van der Waals surface area contributed by atoms with E-state index in [1.807, 2.05) is 0 Å². The summed E-state index contributed by atoms with van der Waals surface area (Å²) >= 11 is 11.5. The van der Waals surface area contributed by atoms with Crippen molar-refractivity contribution in [2.75, 3.05) is 20.7 Å². The van der Waals surface area contributed by atoms with Crippen molar-refractivity contribution in [3.63, 3.8) is 0 Å². The van der Waals surface area contributed by atoms with E-state index in [1.54, 1.807) is 0 Å². The van der Waals surface area contributed by atoms with Crippen LogP contribution in [0.3, 0.4) is 0 Å². The monoisotopic (exact) mass is 355 g/mol. The van der Waals surface area contributed by atoms with Gasteiger partial charge in [-0.2, -0.15) is 4.31 Å². The minimum absolute atomic E-state index is 0.193. The summed E-state index contributed by atoms with van der Waals surface area (Å²) in [5.74, 6) is -2.17. The van der Waals surface area contributed by atoms with Crippen LogP contribution in [-0.2, 0) is 19.6 Å². The quantitative estimate of drug-likeness (QED) is 0.802. The maximum absolute atomic E-state index is 12.3. The van der Waals surface area contributed by atoms with E-state index >= 15 is 0 Å². The number of carboxylic acids is 1. The van der Waals surface area contributed by atoms with Crippen molar-refractivity contribution in [3.8, 4) is 0 Å². The predicted molar refractivity (Wildman–Crippen MR) is 75.3 cm³/mol. The first-order chi connectivity index (χ1) is 9.61. The molecule has 0 amide bonds. The van der Waals surface area contributed by atoms with Crippen LogP contribution >= 0.6 is 23.2 Å². The van der Waals surface area contributed by atoms with E-state index in [1.165, 1.54) is 0 Å². The third kappa shape index (κ3) is 3.85. The second kappa shape index (κ2) is 6.61. The minimum atomic E-state index is -4.17. The number of carboxylic acid groups (broad SMARTS) is 1. The Labute approximate surface area is 131 Å². The number of halogens is 2. The number of carbonyl (C=O) groups excluding carboxylic acids is 1. The summed E-state index contributed by atoms with van der Waals surface area (Å²) in [5, 5.41) is 8.52. The fraction of sp³-hybridized carbons (Fsp3) is 0.273. The van der Waals surface area contributed by atoms with E-state index in [2.05, 4.69) is 4.74 Å². The third-order valence-electron chi connectivity index (χ3n) is 2.52. The summed E-state index contributed by atoms with van der Waals surface area (Å²) in [5.41, 5.74) is -0.411. The topological polar surface area (TPSA) is 101 Å². The summed E-state index contributed by atoms with van der Waals surface area (Å²) in [6.07, 6.45) is 0. The molecule has 0 radical (unpaired) electrons. The molecule has 7 nitrogen and oxygen atoms in total. The van der Waals surface area contributed by atoms with Crippen molar-refractivity contribution >= 4 is 45.2 Å². The summed E-state index contributed by atoms with van der Waals surface area (Å²) in [4.78, 5) is 21.7. The first-order valence-corrected chi connectivity index (χ1v) is 7.56. The smallest absolute Gasteiger partial charge is 0.337 e. The van der Waals surface area contributed by atoms with E-state index in [-0.39, 0.29) is 10.0 Å². The number of nitrogens with zero attached hydrogens (tertiary/aromatic N) is 1. The van der Waals surface area contributed by atoms with Crippen LogP contribution in [0, 0.1) is 0 Å². The molecule has 0 aliphatic carbocycles. The molecular weight excluding hydrogens is 345 g/mol. The second-order valence-electron chi connectivity index (χ2n) is 3.90. The number of carbonyl (C=O) groups is 2. The number of methoxy groups -OCH3 is 1. The van der Waals surface area contributed by atoms with Crippen LogP contribution in [0.2, 0.25) is 10.0 Å². The molecule has 0 atom stereocenters. The Morgan fingerprint density at radius 3 is 2.33 bits per heavy atom. The zero-order valence-electron chi connectivity index (χ0n) is 11.0. The van der Waals surface area contributed by atoms with Gasteiger partial charge in [0.15, 0.2) is 0 Å². The summed E-state index contributed by atoms with van der Waals surface area (Å²) in [6, 6.07) is 1.86. The van der Waals surface area contributed by atoms with Crippen molar-refractivity contribution in [2.24, 2.45) is 0 Å². The molecule has 21 heavy (non-hydrogen) atoms. The first kappa shape index (κ1) is 17.7. The lowest BCUT2D eigenvalue weighted by atomic mass is 10.2. The molecule has 0 aromatic heterocycles. The highest BCUT2D eigenvalue weighted by molar-refractivity contribution is 7.89. The fourth-order valence-electron chi connectivity index (χ4n) is 1.39. The highest BCUT2D eigenvalue weighted by atomic mass is 35.5. The van der Waals surface area contributed by atoms with E-state index in [0.29, 0.717) is 4.31 Å². The molecule has 1 N–H and O–H groups in total. The minimum Gasteiger partial charge on any atom is -0.478 e. The number of esters is 1. The van der Waals surface area contributed by atoms with E-state index in [9.17, 15) is 18.0 Å². The second-order valence-corrected chi connectivity index (χ2v) is 6.73. The zero-order valence-corrected chi connectivity index (χ0v) is 13.3. The van der Waals surface area contributed by atoms with Gasteiger partial charge < -0.3 is 9.84 Å². The van der Waals surface area contributed by atoms with Crippen molar-refractivity contribution in [1.29, 1.82) is 0 Å². The lowest BCUT2D eigenvalue weighted by Gasteiger charge is -2.17. The van der Waals surface area contributed by atoms with Crippen molar-refractivity contribution < 1.29 is 27.9 Å². The van der Waals surface area contributed by atoms with Gasteiger partial charge in [-0.05, 0) is 12.1 Å². The van der Waals surface area contributed by atoms with E-state index < -0.39 is 39.0 Å². The number of hydrogen-bond donors (Lipinski definition) is 1. The number of hydrogen-bond acceptors (Lipinski definition) is 5. The lowest BCUT2D eigenvalue weighted by Crippen LogP contribution is -2.33. The maximum atomic E-state index is 12.3. The van der Waals surface area contributed by atoms with Gasteiger partial charge in [-0.15, -0.1) is 0 Å². The van der Waals surface area contributed by atoms with Gasteiger partial charge in [-0.3, -0.25) is 4.79 Å². The zero-order chi connectivity index (χ0) is 16.4. The Bertz CT molecular complexity index is 688. The molecule has 10 heteroatoms. The molecule has 1 aromatic carbocycles. The van der Waals surface area contributed by atoms with Gasteiger partial charge in [0.25, 0.3) is 0 Å². The Balaban J connectivity index is 3.34. The van der Waals surface area contributed by atoms with Gasteiger partial charge in [0.2, 0.25) is 10.0 Å². The van der Waals surface area contributed by atoms with E-state index in [0.717, 1.165) is 26.3 Å². The first-order valence-electron chi connectivity index (χ1n) is 5.36. The van der Waals surface area contributed by atoms with Gasteiger partial charge in [0.05, 0.1) is 22.7 Å². The third-order valence-corrected chi connectivity index (χ3v) is 5.10. The van der Waals surface area contributed by atoms with Crippen molar-refractivity contribution in [1.82, 2.24) is 4.31 Å². The van der Waals surface area contributed by atoms with Crippen LogP contribution < -0.4 is 0 Å². The van der Waals surface area contributed by atoms with Crippen LogP contribution in [-0.4, -0.2) is 50.5 Å². The van der Waals surface area contributed by atoms with Crippen LogP contribution in [0.4, 0.5) is 0 Å². The lowest BCUT2D eigenvalue weighted by molar-refractivity contribution is -0.140. The largest absolute Gasteiger partial charge is 0.478 e. The Kier molecular flexibility index (Phi) is 5.57. The molecule has 0 saturated carbocycles. The summed E-state index contributed by atoms with van der Waals surface area (Å²) in [7, 11) is -1.92. The predicted octanol–water partition coefficient (Wildman–Crippen LogP) is 1.49. The number of ether oxygens (including phenoxy) is 1. The molecule has 1 aromatic rings. The Morgan fingerprint density at radius 2 is 1.86 bits per heavy atom. The molecule has 0 unspecified atom stereocenters. The van der Waals surface area contributed by atoms with Gasteiger partial charge in [0.1, 0.15) is 11.4 Å². The SMILES string of the molecule is COC(=O)CN(C)S(=O)(=O)c1cc(C(=O)O)c(Cl)cc1Cl. The normalized spacial score (nSPS) is 11.5. The Morgan fingerprint density at radius 1 is 1.29 bits per heavy atom. The number of sulfonamides is 1. The highest BCUT2D eigenvalue weighted by Gasteiger charge is 2.28.